The number of nitrogens with zero attached hydrogens (tertiary/aromatic N) is 2. The van der Waals surface area contributed by atoms with Crippen LogP contribution in [-0.2, 0) is 0 Å². The van der Waals surface area contributed by atoms with Crippen LogP contribution in [0.4, 0.5) is 8.78 Å². The molecule has 2 aromatic rings. The smallest absolute Gasteiger partial charge is 0.144 e. The standard InChI is InChI=1S/C9H7BrFN.C8H5BrFN/c1-5-3-7(4-12)9(11)6(2)8(5)10;1-5-7(9)3-2-6(4-11)8(5)10/h3H,1-2H3;2-3H,1H3. The van der Waals surface area contributed by atoms with Crippen molar-refractivity contribution in [3.05, 3.63) is 66.6 Å². The van der Waals surface area contributed by atoms with E-state index in [1.807, 2.05) is 13.0 Å². The van der Waals surface area contributed by atoms with E-state index in [1.165, 1.54) is 12.1 Å². The molecule has 0 N–H and O–H groups in total. The molecule has 0 spiro atoms. The van der Waals surface area contributed by atoms with Crippen LogP contribution in [-0.4, -0.2) is 0 Å². The third-order valence-corrected chi connectivity index (χ3v) is 5.24. The van der Waals surface area contributed by atoms with Gasteiger partial charge in [0, 0.05) is 20.1 Å². The molecule has 2 nitrogen and oxygen atoms in total. The van der Waals surface area contributed by atoms with Crippen LogP contribution in [0.5, 0.6) is 0 Å². The zero-order chi connectivity index (χ0) is 17.7. The van der Waals surface area contributed by atoms with Gasteiger partial charge in [0.15, 0.2) is 0 Å². The van der Waals surface area contributed by atoms with Gasteiger partial charge in [0.05, 0.1) is 11.1 Å². The largest absolute Gasteiger partial charge is 0.205 e. The van der Waals surface area contributed by atoms with Gasteiger partial charge < -0.3 is 0 Å². The lowest BCUT2D eigenvalue weighted by molar-refractivity contribution is 0.612. The van der Waals surface area contributed by atoms with Crippen molar-refractivity contribution in [3.8, 4) is 12.1 Å². The third kappa shape index (κ3) is 4.37. The van der Waals surface area contributed by atoms with Gasteiger partial charge in [0.2, 0.25) is 0 Å². The average molecular weight is 442 g/mol. The highest BCUT2D eigenvalue weighted by molar-refractivity contribution is 9.10. The van der Waals surface area contributed by atoms with E-state index in [0.717, 1.165) is 10.0 Å². The van der Waals surface area contributed by atoms with Crippen LogP contribution in [0.25, 0.3) is 0 Å². The minimum atomic E-state index is -0.443. The summed E-state index contributed by atoms with van der Waals surface area (Å²) < 4.78 is 27.6. The van der Waals surface area contributed by atoms with Gasteiger partial charge in [-0.25, -0.2) is 8.78 Å². The van der Waals surface area contributed by atoms with Crippen LogP contribution >= 0.6 is 31.9 Å². The molecule has 118 valence electrons. The van der Waals surface area contributed by atoms with E-state index in [9.17, 15) is 8.78 Å². The van der Waals surface area contributed by atoms with Crippen LogP contribution in [0.1, 0.15) is 27.8 Å². The molecule has 6 heteroatoms. The predicted molar refractivity (Wildman–Crippen MR) is 91.8 cm³/mol. The Bertz CT molecular complexity index is 834. The van der Waals surface area contributed by atoms with Crippen molar-refractivity contribution in [2.75, 3.05) is 0 Å². The first-order valence-corrected chi connectivity index (χ1v) is 8.03. The van der Waals surface area contributed by atoms with Gasteiger partial charge in [-0.3, -0.25) is 0 Å². The Morgan fingerprint density at radius 2 is 1.39 bits per heavy atom. The molecule has 0 saturated carbocycles. The lowest BCUT2D eigenvalue weighted by atomic mass is 10.1. The van der Waals surface area contributed by atoms with Gasteiger partial charge in [-0.1, -0.05) is 31.9 Å². The Morgan fingerprint density at radius 1 is 0.870 bits per heavy atom. The molecule has 0 heterocycles. The fourth-order valence-electron chi connectivity index (χ4n) is 1.77. The third-order valence-electron chi connectivity index (χ3n) is 3.16. The topological polar surface area (TPSA) is 47.6 Å². The molecule has 0 saturated heterocycles. The van der Waals surface area contributed by atoms with E-state index < -0.39 is 11.6 Å². The van der Waals surface area contributed by atoms with Gasteiger partial charge in [0.25, 0.3) is 0 Å². The number of aryl methyl sites for hydroxylation is 1. The molecule has 0 bridgehead atoms. The second-order valence-electron chi connectivity index (χ2n) is 4.75. The summed E-state index contributed by atoms with van der Waals surface area (Å²) in [4.78, 5) is 0. The Kier molecular flexibility index (Phi) is 6.87. The fourth-order valence-corrected chi connectivity index (χ4v) is 2.36. The van der Waals surface area contributed by atoms with Crippen LogP contribution in [0.2, 0.25) is 0 Å². The fraction of sp³-hybridized carbons (Fsp3) is 0.176. The summed E-state index contributed by atoms with van der Waals surface area (Å²) in [6.07, 6.45) is 0. The maximum atomic E-state index is 13.2. The van der Waals surface area contributed by atoms with E-state index in [4.69, 9.17) is 10.5 Å². The normalized spacial score (nSPS) is 9.43. The molecule has 0 fully saturated rings. The first-order chi connectivity index (χ1) is 10.7. The highest BCUT2D eigenvalue weighted by Gasteiger charge is 2.10. The number of rotatable bonds is 0. The summed E-state index contributed by atoms with van der Waals surface area (Å²) in [6, 6.07) is 8.22. The monoisotopic (exact) mass is 440 g/mol. The summed E-state index contributed by atoms with van der Waals surface area (Å²) in [5.74, 6) is -0.878. The molecule has 2 rings (SSSR count). The van der Waals surface area contributed by atoms with Crippen molar-refractivity contribution in [2.24, 2.45) is 0 Å². The summed E-state index contributed by atoms with van der Waals surface area (Å²) in [6.45, 7) is 5.10. The van der Waals surface area contributed by atoms with E-state index in [-0.39, 0.29) is 11.1 Å². The Hall–Kier alpha value is -1.76. The minimum Gasteiger partial charge on any atom is -0.205 e. The number of halogens is 4. The summed E-state index contributed by atoms with van der Waals surface area (Å²) in [5, 5.41) is 17.0. The van der Waals surface area contributed by atoms with Gasteiger partial charge in [-0.15, -0.1) is 0 Å². The molecule has 0 amide bonds. The zero-order valence-corrected chi connectivity index (χ0v) is 15.8. The molecule has 23 heavy (non-hydrogen) atoms. The molecule has 0 aliphatic heterocycles. The van der Waals surface area contributed by atoms with Crippen molar-refractivity contribution in [2.45, 2.75) is 20.8 Å². The van der Waals surface area contributed by atoms with Crippen molar-refractivity contribution < 1.29 is 8.78 Å². The van der Waals surface area contributed by atoms with Crippen molar-refractivity contribution in [1.82, 2.24) is 0 Å². The summed E-state index contributed by atoms with van der Waals surface area (Å²) in [7, 11) is 0. The maximum Gasteiger partial charge on any atom is 0.144 e. The quantitative estimate of drug-likeness (QED) is 0.515. The number of hydrogen-bond acceptors (Lipinski definition) is 2. The molecule has 0 aliphatic carbocycles. The van der Waals surface area contributed by atoms with Gasteiger partial charge in [-0.05, 0) is 44.5 Å². The van der Waals surface area contributed by atoms with E-state index in [1.54, 1.807) is 26.0 Å². The van der Waals surface area contributed by atoms with Gasteiger partial charge in [-0.2, -0.15) is 10.5 Å². The van der Waals surface area contributed by atoms with Crippen molar-refractivity contribution in [1.29, 1.82) is 10.5 Å². The van der Waals surface area contributed by atoms with Crippen molar-refractivity contribution in [3.63, 3.8) is 0 Å². The lowest BCUT2D eigenvalue weighted by Crippen LogP contribution is -1.92. The predicted octanol–water partition coefficient (Wildman–Crippen LogP) is 5.85. The van der Waals surface area contributed by atoms with E-state index in [2.05, 4.69) is 31.9 Å². The molecular formula is C17H12Br2F2N2. The van der Waals surface area contributed by atoms with Crippen molar-refractivity contribution >= 4 is 31.9 Å². The Morgan fingerprint density at radius 3 is 1.91 bits per heavy atom. The first kappa shape index (κ1) is 19.3. The zero-order valence-electron chi connectivity index (χ0n) is 12.6. The summed E-state index contributed by atoms with van der Waals surface area (Å²) >= 11 is 6.40. The second-order valence-corrected chi connectivity index (χ2v) is 6.40. The van der Waals surface area contributed by atoms with Crippen LogP contribution in [0.3, 0.4) is 0 Å². The molecule has 0 unspecified atom stereocenters. The van der Waals surface area contributed by atoms with Crippen LogP contribution < -0.4 is 0 Å². The Labute approximate surface area is 150 Å². The van der Waals surface area contributed by atoms with Crippen LogP contribution in [0.15, 0.2) is 27.1 Å². The van der Waals surface area contributed by atoms with E-state index >= 15 is 0 Å². The number of nitriles is 2. The van der Waals surface area contributed by atoms with Gasteiger partial charge >= 0.3 is 0 Å². The maximum absolute atomic E-state index is 13.2. The average Bonchev–Trinajstić information content (AvgIpc) is 2.55. The SMILES string of the molecule is Cc1c(Br)ccc(C#N)c1F.Cc1cc(C#N)c(F)c(C)c1Br. The number of benzene rings is 2. The molecule has 0 aliphatic rings. The van der Waals surface area contributed by atoms with Gasteiger partial charge in [0.1, 0.15) is 23.8 Å². The van der Waals surface area contributed by atoms with E-state index in [0.29, 0.717) is 15.6 Å². The molecule has 0 atom stereocenters. The Balaban J connectivity index is 0.000000231. The highest BCUT2D eigenvalue weighted by atomic mass is 79.9. The molecule has 2 aromatic carbocycles. The first-order valence-electron chi connectivity index (χ1n) is 6.44. The molecule has 0 radical (unpaired) electrons. The number of hydrogen-bond donors (Lipinski definition) is 0. The second kappa shape index (κ2) is 8.19. The van der Waals surface area contributed by atoms with Crippen LogP contribution in [0, 0.1) is 55.1 Å². The molecular weight excluding hydrogens is 430 g/mol. The summed E-state index contributed by atoms with van der Waals surface area (Å²) in [5.41, 5.74) is 2.04. The minimum absolute atomic E-state index is 0.0886. The highest BCUT2D eigenvalue weighted by Crippen LogP contribution is 2.25. The molecule has 0 aromatic heterocycles. The lowest BCUT2D eigenvalue weighted by Gasteiger charge is -2.04.